The fourth-order valence-electron chi connectivity index (χ4n) is 2.73. The van der Waals surface area contributed by atoms with Crippen molar-refractivity contribution in [3.05, 3.63) is 24.0 Å². The largest absolute Gasteiger partial charge is 0.368 e. The fraction of sp³-hybridized carbons (Fsp3) is 0.571. The summed E-state index contributed by atoms with van der Waals surface area (Å²) in [5, 5.41) is 9.13. The van der Waals surface area contributed by atoms with Crippen LogP contribution in [0.1, 0.15) is 25.8 Å². The second-order valence-electron chi connectivity index (χ2n) is 4.61. The monoisotopic (exact) mass is 244 g/mol. The Kier molecular flexibility index (Phi) is 4.16. The predicted octanol–water partition coefficient (Wildman–Crippen LogP) is 1.87. The summed E-state index contributed by atoms with van der Waals surface area (Å²) in [6.07, 6.45) is 4.66. The topological polar surface area (TPSA) is 43.2 Å². The predicted molar refractivity (Wildman–Crippen MR) is 72.5 cm³/mol. The summed E-state index contributed by atoms with van der Waals surface area (Å²) < 4.78 is 0. The Balaban J connectivity index is 2.11. The van der Waals surface area contributed by atoms with Gasteiger partial charge < -0.3 is 4.90 Å². The maximum Gasteiger partial charge on any atom is 0.101 e. The summed E-state index contributed by atoms with van der Waals surface area (Å²) in [6.45, 7) is 8.61. The lowest BCUT2D eigenvalue weighted by Crippen LogP contribution is -2.37. The number of hydrogen-bond donors (Lipinski definition) is 0. The van der Waals surface area contributed by atoms with Crippen LogP contribution in [0, 0.1) is 11.3 Å². The van der Waals surface area contributed by atoms with Crippen molar-refractivity contribution in [2.24, 2.45) is 0 Å². The first-order valence-corrected chi connectivity index (χ1v) is 6.63. The van der Waals surface area contributed by atoms with E-state index >= 15 is 0 Å². The number of nitriles is 1. The van der Waals surface area contributed by atoms with Gasteiger partial charge in [0.1, 0.15) is 6.07 Å². The smallest absolute Gasteiger partial charge is 0.101 e. The van der Waals surface area contributed by atoms with Crippen molar-refractivity contribution < 1.29 is 0 Å². The number of anilines is 1. The number of pyridine rings is 1. The molecule has 0 spiro atoms. The molecule has 96 valence electrons. The van der Waals surface area contributed by atoms with E-state index in [4.69, 9.17) is 5.26 Å². The first-order chi connectivity index (χ1) is 8.80. The van der Waals surface area contributed by atoms with Gasteiger partial charge in [-0.05, 0) is 25.6 Å². The molecule has 0 N–H and O–H groups in total. The number of aromatic nitrogens is 1. The third kappa shape index (κ3) is 2.46. The van der Waals surface area contributed by atoms with Crippen molar-refractivity contribution in [1.82, 2.24) is 9.88 Å². The number of likely N-dealkylation sites (N-methyl/N-ethyl adjacent to an activating group) is 1. The first kappa shape index (κ1) is 12.8. The van der Waals surface area contributed by atoms with Gasteiger partial charge in [0.25, 0.3) is 0 Å². The molecule has 0 aliphatic carbocycles. The van der Waals surface area contributed by atoms with E-state index in [1.807, 2.05) is 6.20 Å². The molecule has 2 rings (SSSR count). The first-order valence-electron chi connectivity index (χ1n) is 6.63. The highest BCUT2D eigenvalue weighted by atomic mass is 15.3. The molecule has 1 aromatic rings. The second kappa shape index (κ2) is 5.83. The zero-order valence-electron chi connectivity index (χ0n) is 11.1. The van der Waals surface area contributed by atoms with Crippen molar-refractivity contribution in [1.29, 1.82) is 5.26 Å². The van der Waals surface area contributed by atoms with Gasteiger partial charge in [0.15, 0.2) is 0 Å². The van der Waals surface area contributed by atoms with Crippen molar-refractivity contribution in [3.8, 4) is 6.07 Å². The van der Waals surface area contributed by atoms with Crippen LogP contribution in [0.15, 0.2) is 18.5 Å². The van der Waals surface area contributed by atoms with E-state index in [9.17, 15) is 0 Å². The molecule has 18 heavy (non-hydrogen) atoms. The van der Waals surface area contributed by atoms with Crippen LogP contribution in [0.4, 0.5) is 5.69 Å². The lowest BCUT2D eigenvalue weighted by molar-refractivity contribution is 0.232. The summed E-state index contributed by atoms with van der Waals surface area (Å²) in [7, 11) is 0. The lowest BCUT2D eigenvalue weighted by atomic mass is 10.2. The van der Waals surface area contributed by atoms with E-state index in [2.05, 4.69) is 34.7 Å². The minimum absolute atomic E-state index is 0.603. The maximum atomic E-state index is 9.13. The van der Waals surface area contributed by atoms with Gasteiger partial charge in [-0.1, -0.05) is 13.8 Å². The highest BCUT2D eigenvalue weighted by Gasteiger charge is 2.27. The molecular weight excluding hydrogens is 224 g/mol. The molecule has 0 saturated carbocycles. The van der Waals surface area contributed by atoms with Crippen LogP contribution in [0.3, 0.4) is 0 Å². The van der Waals surface area contributed by atoms with Crippen LogP contribution in [-0.2, 0) is 0 Å². The molecule has 1 aromatic heterocycles. The maximum absolute atomic E-state index is 9.13. The number of hydrogen-bond acceptors (Lipinski definition) is 4. The summed E-state index contributed by atoms with van der Waals surface area (Å²) in [5.41, 5.74) is 1.71. The molecule has 1 fully saturated rings. The number of nitrogens with zero attached hydrogens (tertiary/aromatic N) is 4. The molecule has 1 saturated heterocycles. The van der Waals surface area contributed by atoms with E-state index in [0.29, 0.717) is 6.04 Å². The molecule has 0 aromatic carbocycles. The molecular formula is C14H20N4. The minimum Gasteiger partial charge on any atom is -0.368 e. The molecule has 4 nitrogen and oxygen atoms in total. The summed E-state index contributed by atoms with van der Waals surface area (Å²) in [5.74, 6) is 0. The second-order valence-corrected chi connectivity index (χ2v) is 4.61. The van der Waals surface area contributed by atoms with Gasteiger partial charge in [-0.3, -0.25) is 9.88 Å². The Bertz CT molecular complexity index is 434. The summed E-state index contributed by atoms with van der Waals surface area (Å²) >= 11 is 0. The van der Waals surface area contributed by atoms with Gasteiger partial charge in [-0.25, -0.2) is 0 Å². The van der Waals surface area contributed by atoms with Gasteiger partial charge in [-0.2, -0.15) is 5.26 Å². The molecule has 1 atom stereocenters. The van der Waals surface area contributed by atoms with Crippen LogP contribution < -0.4 is 4.90 Å². The van der Waals surface area contributed by atoms with Crippen LogP contribution >= 0.6 is 0 Å². The van der Waals surface area contributed by atoms with Gasteiger partial charge in [0, 0.05) is 25.3 Å². The van der Waals surface area contributed by atoms with E-state index in [0.717, 1.165) is 37.4 Å². The van der Waals surface area contributed by atoms with Crippen LogP contribution in [0.2, 0.25) is 0 Å². The van der Waals surface area contributed by atoms with Gasteiger partial charge in [-0.15, -0.1) is 0 Å². The molecule has 1 aliphatic rings. The molecule has 1 aliphatic heterocycles. The van der Waals surface area contributed by atoms with Crippen LogP contribution in [0.5, 0.6) is 0 Å². The van der Waals surface area contributed by atoms with E-state index < -0.39 is 0 Å². The van der Waals surface area contributed by atoms with E-state index in [-0.39, 0.29) is 0 Å². The normalized spacial score (nSPS) is 19.2. The minimum atomic E-state index is 0.603. The number of rotatable bonds is 4. The average molecular weight is 244 g/mol. The van der Waals surface area contributed by atoms with Gasteiger partial charge >= 0.3 is 0 Å². The quantitative estimate of drug-likeness (QED) is 0.811. The van der Waals surface area contributed by atoms with Crippen LogP contribution in [-0.4, -0.2) is 42.1 Å². The Morgan fingerprint density at radius 2 is 2.28 bits per heavy atom. The Morgan fingerprint density at radius 1 is 1.50 bits per heavy atom. The zero-order chi connectivity index (χ0) is 13.0. The van der Waals surface area contributed by atoms with E-state index in [1.54, 1.807) is 12.3 Å². The molecule has 2 heterocycles. The third-order valence-corrected chi connectivity index (χ3v) is 3.75. The molecule has 1 unspecified atom stereocenters. The van der Waals surface area contributed by atoms with Gasteiger partial charge in [0.2, 0.25) is 0 Å². The van der Waals surface area contributed by atoms with Crippen LogP contribution in [0.25, 0.3) is 0 Å². The lowest BCUT2D eigenvalue weighted by Gasteiger charge is -2.26. The molecule has 0 radical (unpaired) electrons. The molecule has 0 bridgehead atoms. The Hall–Kier alpha value is -1.60. The average Bonchev–Trinajstić information content (AvgIpc) is 2.89. The summed E-state index contributed by atoms with van der Waals surface area (Å²) in [6, 6.07) is 4.64. The highest BCUT2D eigenvalue weighted by Crippen LogP contribution is 2.25. The highest BCUT2D eigenvalue weighted by molar-refractivity contribution is 5.58. The van der Waals surface area contributed by atoms with Crippen molar-refractivity contribution in [2.75, 3.05) is 31.1 Å². The van der Waals surface area contributed by atoms with Gasteiger partial charge in [0.05, 0.1) is 17.4 Å². The third-order valence-electron chi connectivity index (χ3n) is 3.75. The summed E-state index contributed by atoms with van der Waals surface area (Å²) in [4.78, 5) is 8.92. The fourth-order valence-corrected chi connectivity index (χ4v) is 2.73. The zero-order valence-corrected chi connectivity index (χ0v) is 11.1. The standard InChI is InChI=1S/C14H20N4/c1-3-17(4-2)13-6-8-18(11-13)14-10-16-7-5-12(14)9-15/h5,7,10,13H,3-4,6,8,11H2,1-2H3. The Labute approximate surface area is 109 Å². The SMILES string of the molecule is CCN(CC)C1CCN(c2cnccc2C#N)C1. The molecule has 0 amide bonds. The van der Waals surface area contributed by atoms with Crippen molar-refractivity contribution in [3.63, 3.8) is 0 Å². The Morgan fingerprint density at radius 3 is 2.94 bits per heavy atom. The van der Waals surface area contributed by atoms with Crippen molar-refractivity contribution >= 4 is 5.69 Å². The van der Waals surface area contributed by atoms with Crippen molar-refractivity contribution in [2.45, 2.75) is 26.3 Å². The van der Waals surface area contributed by atoms with E-state index in [1.165, 1.54) is 6.42 Å². The molecule has 4 heteroatoms.